The minimum Gasteiger partial charge on any atom is -0.372 e. The van der Waals surface area contributed by atoms with E-state index < -0.39 is 0 Å². The molecule has 1 aliphatic carbocycles. The highest BCUT2D eigenvalue weighted by atomic mass is 16.5. The molecule has 0 bridgehead atoms. The third-order valence-corrected chi connectivity index (χ3v) is 5.68. The van der Waals surface area contributed by atoms with Crippen molar-refractivity contribution in [3.8, 4) is 0 Å². The minimum absolute atomic E-state index is 0.457. The third kappa shape index (κ3) is 4.20. The van der Waals surface area contributed by atoms with E-state index in [1.54, 1.807) is 0 Å². The summed E-state index contributed by atoms with van der Waals surface area (Å²) in [5.74, 6) is 1.73. The number of nitrogens with zero attached hydrogens (tertiary/aromatic N) is 1. The second kappa shape index (κ2) is 7.43. The van der Waals surface area contributed by atoms with Gasteiger partial charge in [-0.05, 0) is 57.0 Å². The molecule has 0 aromatic carbocycles. The Morgan fingerprint density at radius 2 is 1.86 bits per heavy atom. The van der Waals surface area contributed by atoms with Gasteiger partial charge in [0.25, 0.3) is 0 Å². The smallest absolute Gasteiger partial charge is 0.0707 e. The quantitative estimate of drug-likeness (QED) is 0.815. The second-order valence-corrected chi connectivity index (χ2v) is 7.91. The summed E-state index contributed by atoms with van der Waals surface area (Å²) in [6.07, 6.45) is 10.8. The first kappa shape index (κ1) is 15.8. The molecule has 122 valence electrons. The largest absolute Gasteiger partial charge is 0.372 e. The van der Waals surface area contributed by atoms with Crippen LogP contribution in [0.2, 0.25) is 0 Å². The summed E-state index contributed by atoms with van der Waals surface area (Å²) in [5, 5.41) is 3.55. The first-order valence-corrected chi connectivity index (χ1v) is 9.32. The van der Waals surface area contributed by atoms with Gasteiger partial charge in [-0.1, -0.05) is 26.7 Å². The van der Waals surface area contributed by atoms with E-state index >= 15 is 0 Å². The maximum atomic E-state index is 6.28. The Labute approximate surface area is 130 Å². The van der Waals surface area contributed by atoms with Crippen LogP contribution in [0.4, 0.5) is 0 Å². The lowest BCUT2D eigenvalue weighted by Gasteiger charge is -2.33. The number of hydrogen-bond acceptors (Lipinski definition) is 3. The van der Waals surface area contributed by atoms with Gasteiger partial charge < -0.3 is 10.1 Å². The van der Waals surface area contributed by atoms with E-state index in [2.05, 4.69) is 24.1 Å². The van der Waals surface area contributed by atoms with E-state index in [1.165, 1.54) is 58.0 Å². The number of ether oxygens (including phenoxy) is 1. The zero-order chi connectivity index (χ0) is 14.7. The van der Waals surface area contributed by atoms with Crippen LogP contribution in [0.25, 0.3) is 0 Å². The van der Waals surface area contributed by atoms with Crippen LogP contribution in [0, 0.1) is 11.8 Å². The predicted molar refractivity (Wildman–Crippen MR) is 87.5 cm³/mol. The number of rotatable bonds is 6. The summed E-state index contributed by atoms with van der Waals surface area (Å²) in [5.41, 5.74) is 0. The van der Waals surface area contributed by atoms with Crippen molar-refractivity contribution in [3.63, 3.8) is 0 Å². The molecule has 2 saturated heterocycles. The average molecular weight is 294 g/mol. The number of likely N-dealkylation sites (tertiary alicyclic amines) is 1. The van der Waals surface area contributed by atoms with Crippen LogP contribution in [-0.2, 0) is 4.74 Å². The van der Waals surface area contributed by atoms with Gasteiger partial charge in [-0.3, -0.25) is 4.90 Å². The number of nitrogens with one attached hydrogen (secondary N) is 1. The highest BCUT2D eigenvalue weighted by molar-refractivity contribution is 4.91. The standard InChI is InChI=1S/C18H34N2O/c1-14(2)11-19-12-16-7-8-17(21-16)13-20-10-9-15-5-3-4-6-18(15)20/h14-19H,3-13H2,1-2H3. The lowest BCUT2D eigenvalue weighted by molar-refractivity contribution is 0.0163. The minimum atomic E-state index is 0.457. The van der Waals surface area contributed by atoms with Crippen molar-refractivity contribution in [1.82, 2.24) is 10.2 Å². The van der Waals surface area contributed by atoms with Gasteiger partial charge in [-0.2, -0.15) is 0 Å². The Morgan fingerprint density at radius 3 is 2.71 bits per heavy atom. The van der Waals surface area contributed by atoms with Crippen molar-refractivity contribution >= 4 is 0 Å². The molecule has 0 spiro atoms. The SMILES string of the molecule is CC(C)CNCC1CCC(CN2CCC3CCCCC32)O1. The van der Waals surface area contributed by atoms with Gasteiger partial charge in [0.05, 0.1) is 12.2 Å². The Bertz CT molecular complexity index is 320. The Kier molecular flexibility index (Phi) is 5.58. The Morgan fingerprint density at radius 1 is 1.05 bits per heavy atom. The molecule has 3 fully saturated rings. The summed E-state index contributed by atoms with van der Waals surface area (Å²) in [6, 6.07) is 0.889. The summed E-state index contributed by atoms with van der Waals surface area (Å²) >= 11 is 0. The molecule has 21 heavy (non-hydrogen) atoms. The van der Waals surface area contributed by atoms with Gasteiger partial charge in [0.2, 0.25) is 0 Å². The van der Waals surface area contributed by atoms with Crippen molar-refractivity contribution in [1.29, 1.82) is 0 Å². The molecule has 3 rings (SSSR count). The summed E-state index contributed by atoms with van der Waals surface area (Å²) < 4.78 is 6.28. The lowest BCUT2D eigenvalue weighted by atomic mass is 9.85. The molecule has 2 heterocycles. The van der Waals surface area contributed by atoms with Gasteiger partial charge >= 0.3 is 0 Å². The molecule has 3 nitrogen and oxygen atoms in total. The molecule has 0 aromatic heterocycles. The van der Waals surface area contributed by atoms with Crippen LogP contribution < -0.4 is 5.32 Å². The average Bonchev–Trinajstić information content (AvgIpc) is 3.07. The van der Waals surface area contributed by atoms with Crippen molar-refractivity contribution < 1.29 is 4.74 Å². The van der Waals surface area contributed by atoms with Crippen molar-refractivity contribution in [2.24, 2.45) is 11.8 Å². The molecule has 3 heteroatoms. The summed E-state index contributed by atoms with van der Waals surface area (Å²) in [4.78, 5) is 2.76. The van der Waals surface area contributed by atoms with Gasteiger partial charge in [0.1, 0.15) is 0 Å². The Balaban J connectivity index is 1.38. The maximum absolute atomic E-state index is 6.28. The van der Waals surface area contributed by atoms with Gasteiger partial charge in [0, 0.05) is 19.1 Å². The van der Waals surface area contributed by atoms with Crippen LogP contribution in [0.15, 0.2) is 0 Å². The second-order valence-electron chi connectivity index (χ2n) is 7.91. The van der Waals surface area contributed by atoms with E-state index in [9.17, 15) is 0 Å². The molecule has 4 atom stereocenters. The number of fused-ring (bicyclic) bond motifs is 1. The van der Waals surface area contributed by atoms with Gasteiger partial charge in [-0.25, -0.2) is 0 Å². The molecule has 1 saturated carbocycles. The highest BCUT2D eigenvalue weighted by Gasteiger charge is 2.37. The molecule has 4 unspecified atom stereocenters. The van der Waals surface area contributed by atoms with E-state index in [4.69, 9.17) is 4.74 Å². The molecule has 0 amide bonds. The highest BCUT2D eigenvalue weighted by Crippen LogP contribution is 2.36. The van der Waals surface area contributed by atoms with E-state index in [1.807, 2.05) is 0 Å². The first-order valence-electron chi connectivity index (χ1n) is 9.32. The third-order valence-electron chi connectivity index (χ3n) is 5.68. The molecule has 3 aliphatic rings. The summed E-state index contributed by atoms with van der Waals surface area (Å²) in [6.45, 7) is 9.20. The van der Waals surface area contributed by atoms with E-state index in [0.717, 1.165) is 31.0 Å². The summed E-state index contributed by atoms with van der Waals surface area (Å²) in [7, 11) is 0. The van der Waals surface area contributed by atoms with E-state index in [0.29, 0.717) is 12.2 Å². The lowest BCUT2D eigenvalue weighted by Crippen LogP contribution is -2.40. The fourth-order valence-corrected chi connectivity index (χ4v) is 4.59. The topological polar surface area (TPSA) is 24.5 Å². The Hall–Kier alpha value is -0.120. The first-order chi connectivity index (χ1) is 10.2. The molecule has 0 aromatic rings. The van der Waals surface area contributed by atoms with Crippen LogP contribution in [0.5, 0.6) is 0 Å². The van der Waals surface area contributed by atoms with Crippen molar-refractivity contribution in [2.45, 2.75) is 77.0 Å². The molecule has 2 aliphatic heterocycles. The predicted octanol–water partition coefficient (Wildman–Crippen LogP) is 3.04. The van der Waals surface area contributed by atoms with Crippen LogP contribution >= 0.6 is 0 Å². The number of hydrogen-bond donors (Lipinski definition) is 1. The molecule has 1 N–H and O–H groups in total. The molecular formula is C18H34N2O. The fraction of sp³-hybridized carbons (Fsp3) is 1.00. The van der Waals surface area contributed by atoms with Crippen molar-refractivity contribution in [3.05, 3.63) is 0 Å². The fourth-order valence-electron chi connectivity index (χ4n) is 4.59. The van der Waals surface area contributed by atoms with Crippen LogP contribution in [0.1, 0.15) is 58.8 Å². The van der Waals surface area contributed by atoms with Crippen molar-refractivity contribution in [2.75, 3.05) is 26.2 Å². The molecule has 0 radical (unpaired) electrons. The van der Waals surface area contributed by atoms with Crippen LogP contribution in [-0.4, -0.2) is 49.3 Å². The normalized spacial score (nSPS) is 37.3. The zero-order valence-corrected chi connectivity index (χ0v) is 14.0. The maximum Gasteiger partial charge on any atom is 0.0707 e. The van der Waals surface area contributed by atoms with Gasteiger partial charge in [-0.15, -0.1) is 0 Å². The monoisotopic (exact) mass is 294 g/mol. The van der Waals surface area contributed by atoms with Gasteiger partial charge in [0.15, 0.2) is 0 Å². The van der Waals surface area contributed by atoms with Crippen LogP contribution in [0.3, 0.4) is 0 Å². The van der Waals surface area contributed by atoms with E-state index in [-0.39, 0.29) is 0 Å². The zero-order valence-electron chi connectivity index (χ0n) is 14.0. The molecular weight excluding hydrogens is 260 g/mol.